The summed E-state index contributed by atoms with van der Waals surface area (Å²) in [7, 11) is 0. The fourth-order valence-electron chi connectivity index (χ4n) is 1.97. The Kier molecular flexibility index (Phi) is 4.16. The Bertz CT molecular complexity index is 661. The third-order valence-corrected chi connectivity index (χ3v) is 3.11. The zero-order chi connectivity index (χ0) is 15.7. The van der Waals surface area contributed by atoms with Crippen LogP contribution in [0.15, 0.2) is 24.3 Å². The predicted octanol–water partition coefficient (Wildman–Crippen LogP) is 4.86. The lowest BCUT2D eigenvalue weighted by Crippen LogP contribution is -2.12. The van der Waals surface area contributed by atoms with Gasteiger partial charge >= 0.3 is 0 Å². The molecular weight excluding hydrogens is 289 g/mol. The third kappa shape index (κ3) is 3.15. The van der Waals surface area contributed by atoms with E-state index in [0.717, 1.165) is 12.1 Å². The molecule has 2 aromatic carbocycles. The number of hydrogen-bond acceptors (Lipinski definition) is 1. The zero-order valence-corrected chi connectivity index (χ0v) is 11.3. The van der Waals surface area contributed by atoms with E-state index in [0.29, 0.717) is 12.1 Å². The summed E-state index contributed by atoms with van der Waals surface area (Å²) in [4.78, 5) is 0. The molecule has 0 saturated carbocycles. The van der Waals surface area contributed by atoms with Crippen LogP contribution >= 0.6 is 0 Å². The minimum Gasteiger partial charge on any atom is -0.374 e. The van der Waals surface area contributed by atoms with Crippen LogP contribution in [-0.2, 0) is 0 Å². The number of rotatable bonds is 3. The van der Waals surface area contributed by atoms with Gasteiger partial charge in [-0.05, 0) is 31.5 Å². The SMILES string of the molecule is Cc1cc(F)c(C(C)Nc2c(F)cc(F)cc2F)cc1F. The van der Waals surface area contributed by atoms with Crippen LogP contribution in [0.3, 0.4) is 0 Å². The number of aryl methyl sites for hydroxylation is 1. The second-order valence-electron chi connectivity index (χ2n) is 4.73. The minimum atomic E-state index is -1.15. The summed E-state index contributed by atoms with van der Waals surface area (Å²) in [5, 5.41) is 2.39. The van der Waals surface area contributed by atoms with Gasteiger partial charge in [0.2, 0.25) is 0 Å². The molecule has 0 aromatic heterocycles. The van der Waals surface area contributed by atoms with Crippen LogP contribution in [0.1, 0.15) is 24.1 Å². The maximum absolute atomic E-state index is 13.8. The summed E-state index contributed by atoms with van der Waals surface area (Å²) < 4.78 is 67.1. The lowest BCUT2D eigenvalue weighted by atomic mass is 10.0. The van der Waals surface area contributed by atoms with Crippen LogP contribution < -0.4 is 5.32 Å². The van der Waals surface area contributed by atoms with Gasteiger partial charge in [-0.15, -0.1) is 0 Å². The number of benzene rings is 2. The number of hydrogen-bond donors (Lipinski definition) is 1. The maximum Gasteiger partial charge on any atom is 0.152 e. The van der Waals surface area contributed by atoms with Crippen molar-refractivity contribution in [1.29, 1.82) is 0 Å². The van der Waals surface area contributed by atoms with Crippen LogP contribution in [0, 0.1) is 36.0 Å². The third-order valence-electron chi connectivity index (χ3n) is 3.11. The van der Waals surface area contributed by atoms with Crippen molar-refractivity contribution in [1.82, 2.24) is 0 Å². The molecular formula is C15H12F5N. The maximum atomic E-state index is 13.8. The molecule has 0 saturated heterocycles. The molecule has 1 N–H and O–H groups in total. The number of halogens is 5. The van der Waals surface area contributed by atoms with Crippen molar-refractivity contribution in [3.05, 3.63) is 64.5 Å². The first-order chi connectivity index (χ1) is 9.79. The molecule has 1 nitrogen and oxygen atoms in total. The second kappa shape index (κ2) is 5.71. The van der Waals surface area contributed by atoms with Gasteiger partial charge in [0, 0.05) is 17.7 Å². The van der Waals surface area contributed by atoms with Gasteiger partial charge in [-0.1, -0.05) is 0 Å². The minimum absolute atomic E-state index is 0.0822. The molecule has 2 rings (SSSR count). The highest BCUT2D eigenvalue weighted by molar-refractivity contribution is 5.48. The molecule has 0 radical (unpaired) electrons. The van der Waals surface area contributed by atoms with Gasteiger partial charge in [0.05, 0.1) is 6.04 Å². The second-order valence-corrected chi connectivity index (χ2v) is 4.73. The van der Waals surface area contributed by atoms with E-state index in [1.54, 1.807) is 0 Å². The van der Waals surface area contributed by atoms with Gasteiger partial charge in [0.15, 0.2) is 11.6 Å². The topological polar surface area (TPSA) is 12.0 Å². The molecule has 112 valence electrons. The van der Waals surface area contributed by atoms with E-state index >= 15 is 0 Å². The van der Waals surface area contributed by atoms with Crippen LogP contribution in [0.4, 0.5) is 27.6 Å². The summed E-state index contributed by atoms with van der Waals surface area (Å²) in [6.45, 7) is 2.81. The highest BCUT2D eigenvalue weighted by Crippen LogP contribution is 2.27. The quantitative estimate of drug-likeness (QED) is 0.798. The summed E-state index contributed by atoms with van der Waals surface area (Å²) in [5.74, 6) is -4.67. The van der Waals surface area contributed by atoms with Crippen molar-refractivity contribution in [2.24, 2.45) is 0 Å². The first-order valence-corrected chi connectivity index (χ1v) is 6.16. The van der Waals surface area contributed by atoms with E-state index < -0.39 is 40.8 Å². The van der Waals surface area contributed by atoms with Gasteiger partial charge in [-0.3, -0.25) is 0 Å². The lowest BCUT2D eigenvalue weighted by Gasteiger charge is -2.18. The molecule has 0 aliphatic rings. The van der Waals surface area contributed by atoms with Crippen LogP contribution in [-0.4, -0.2) is 0 Å². The molecule has 0 fully saturated rings. The van der Waals surface area contributed by atoms with Crippen molar-refractivity contribution in [2.75, 3.05) is 5.32 Å². The van der Waals surface area contributed by atoms with Crippen LogP contribution in [0.5, 0.6) is 0 Å². The van der Waals surface area contributed by atoms with Crippen molar-refractivity contribution >= 4 is 5.69 Å². The highest BCUT2D eigenvalue weighted by Gasteiger charge is 2.18. The molecule has 2 aromatic rings. The van der Waals surface area contributed by atoms with Crippen LogP contribution in [0.2, 0.25) is 0 Å². The van der Waals surface area contributed by atoms with Gasteiger partial charge < -0.3 is 5.32 Å². The average molecular weight is 301 g/mol. The number of anilines is 1. The molecule has 0 aliphatic carbocycles. The van der Waals surface area contributed by atoms with Gasteiger partial charge in [-0.25, -0.2) is 22.0 Å². The summed E-state index contributed by atoms with van der Waals surface area (Å²) in [6, 6.07) is 2.06. The molecule has 0 bridgehead atoms. The smallest absolute Gasteiger partial charge is 0.152 e. The average Bonchev–Trinajstić information content (AvgIpc) is 2.37. The van der Waals surface area contributed by atoms with E-state index in [1.807, 2.05) is 0 Å². The van der Waals surface area contributed by atoms with Crippen molar-refractivity contribution in [3.63, 3.8) is 0 Å². The largest absolute Gasteiger partial charge is 0.374 e. The Morgan fingerprint density at radius 1 is 0.810 bits per heavy atom. The predicted molar refractivity (Wildman–Crippen MR) is 69.4 cm³/mol. The Morgan fingerprint density at radius 2 is 1.38 bits per heavy atom. The monoisotopic (exact) mass is 301 g/mol. The Balaban J connectivity index is 2.35. The fourth-order valence-corrected chi connectivity index (χ4v) is 1.97. The van der Waals surface area contributed by atoms with E-state index in [2.05, 4.69) is 5.32 Å². The molecule has 21 heavy (non-hydrogen) atoms. The fraction of sp³-hybridized carbons (Fsp3) is 0.200. The molecule has 0 heterocycles. The molecule has 6 heteroatoms. The first-order valence-electron chi connectivity index (χ1n) is 6.16. The normalized spacial score (nSPS) is 12.3. The summed E-state index contributed by atoms with van der Waals surface area (Å²) in [5.41, 5.74) is -0.548. The molecule has 0 spiro atoms. The van der Waals surface area contributed by atoms with Crippen molar-refractivity contribution in [3.8, 4) is 0 Å². The van der Waals surface area contributed by atoms with E-state index in [1.165, 1.54) is 13.8 Å². The lowest BCUT2D eigenvalue weighted by molar-refractivity contribution is 0.541. The van der Waals surface area contributed by atoms with Gasteiger partial charge in [0.1, 0.15) is 23.1 Å². The van der Waals surface area contributed by atoms with E-state index in [-0.39, 0.29) is 11.1 Å². The Labute approximate surface area is 118 Å². The first kappa shape index (κ1) is 15.3. The Hall–Kier alpha value is -2.11. The van der Waals surface area contributed by atoms with E-state index in [4.69, 9.17) is 0 Å². The van der Waals surface area contributed by atoms with Crippen molar-refractivity contribution < 1.29 is 22.0 Å². The Morgan fingerprint density at radius 3 is 1.95 bits per heavy atom. The van der Waals surface area contributed by atoms with Gasteiger partial charge in [0.25, 0.3) is 0 Å². The number of nitrogens with one attached hydrogen (secondary N) is 1. The molecule has 1 atom stereocenters. The van der Waals surface area contributed by atoms with Gasteiger partial charge in [-0.2, -0.15) is 0 Å². The summed E-state index contributed by atoms with van der Waals surface area (Å²) >= 11 is 0. The van der Waals surface area contributed by atoms with E-state index in [9.17, 15) is 22.0 Å². The molecule has 1 unspecified atom stereocenters. The standard InChI is InChI=1S/C15H12F5N/c1-7-3-12(18)10(6-11(7)17)8(2)21-15-13(19)4-9(16)5-14(15)20/h3-6,8,21H,1-2H3. The summed E-state index contributed by atoms with van der Waals surface area (Å²) in [6.07, 6.45) is 0. The molecule has 0 amide bonds. The van der Waals surface area contributed by atoms with Crippen LogP contribution in [0.25, 0.3) is 0 Å². The molecule has 0 aliphatic heterocycles. The zero-order valence-electron chi connectivity index (χ0n) is 11.3. The highest BCUT2D eigenvalue weighted by atomic mass is 19.2. The van der Waals surface area contributed by atoms with Crippen molar-refractivity contribution in [2.45, 2.75) is 19.9 Å².